The van der Waals surface area contributed by atoms with Crippen molar-refractivity contribution in [3.8, 4) is 6.07 Å². The number of carboxylic acids is 6. The minimum Gasteiger partial charge on any atom is -2.00 e. The second kappa shape index (κ2) is 51.8. The third-order valence-electron chi connectivity index (χ3n) is 6.03. The number of carbonyl (C=O) groups excluding carboxylic acids is 6. The maximum absolute atomic E-state index is 9.96. The summed E-state index contributed by atoms with van der Waals surface area (Å²) in [5, 5.41) is 77.3. The van der Waals surface area contributed by atoms with Crippen molar-refractivity contribution in [3.05, 3.63) is 226 Å². The van der Waals surface area contributed by atoms with Crippen molar-refractivity contribution in [1.29, 1.82) is 5.26 Å². The summed E-state index contributed by atoms with van der Waals surface area (Å²) in [6, 6.07) is 38.0. The summed E-state index contributed by atoms with van der Waals surface area (Å²) in [7, 11) is 0. The van der Waals surface area contributed by atoms with Gasteiger partial charge in [0.2, 0.25) is 0 Å². The van der Waals surface area contributed by atoms with Crippen molar-refractivity contribution >= 4 is 104 Å². The molecule has 379 valence electrons. The van der Waals surface area contributed by atoms with Gasteiger partial charge in [-0.1, -0.05) is 54.6 Å². The predicted molar refractivity (Wildman–Crippen MR) is 257 cm³/mol. The molecule has 0 atom stereocenters. The number of pyridine rings is 3. The molecule has 9 aromatic heterocycles. The van der Waals surface area contributed by atoms with Gasteiger partial charge >= 0.3 is 51.2 Å². The molecule has 0 aliphatic carbocycles. The summed E-state index contributed by atoms with van der Waals surface area (Å²) in [5.74, 6) is -6.58. The Balaban J connectivity index is -0.000000235. The van der Waals surface area contributed by atoms with Gasteiger partial charge in [-0.15, -0.1) is 68.0 Å². The average Bonchev–Trinajstić information content (AvgIpc) is 4.23. The first-order valence-electron chi connectivity index (χ1n) is 18.6. The van der Waals surface area contributed by atoms with Crippen molar-refractivity contribution in [3.63, 3.8) is 0 Å². The Morgan fingerprint density at radius 2 is 0.493 bits per heavy atom. The minimum absolute atomic E-state index is 0. The van der Waals surface area contributed by atoms with Crippen LogP contribution in [0, 0.1) is 11.3 Å². The number of hydrogen-bond donors (Lipinski definition) is 0. The first kappa shape index (κ1) is 75.4. The van der Waals surface area contributed by atoms with Gasteiger partial charge in [-0.25, -0.2) is 0 Å². The van der Waals surface area contributed by atoms with Crippen molar-refractivity contribution < 1.29 is 116 Å². The maximum atomic E-state index is 9.96. The second-order valence-electron chi connectivity index (χ2n) is 10.9. The SMILES string of the molecule is CC#N.O=C([O-])c1cccs1.O=C([O-])c1cccs1.O=C([O-])c1cccs1.O=C([O-])c1cccs1.O=C([O-])c1cccs1.O=C([O-])c1cccs1.[Mn+2].[Mn+3].[Mn+3].[O-2].c1ccncc1.c1ccncc1.c1ccncc1. The van der Waals surface area contributed by atoms with Gasteiger partial charge < -0.3 is 64.9 Å². The van der Waals surface area contributed by atoms with E-state index in [9.17, 15) is 59.4 Å². The van der Waals surface area contributed by atoms with E-state index in [1.807, 2.05) is 54.6 Å². The molecule has 73 heavy (non-hydrogen) atoms. The molecule has 0 amide bonds. The fourth-order valence-corrected chi connectivity index (χ4v) is 6.65. The van der Waals surface area contributed by atoms with Crippen LogP contribution in [-0.2, 0) is 56.7 Å². The van der Waals surface area contributed by atoms with Gasteiger partial charge in [0.25, 0.3) is 0 Å². The van der Waals surface area contributed by atoms with E-state index in [2.05, 4.69) is 15.0 Å². The van der Waals surface area contributed by atoms with E-state index in [1.54, 1.807) is 112 Å². The molecular weight excluding hydrogens is 1190 g/mol. The largest absolute Gasteiger partial charge is 3.00 e. The molecule has 0 fully saturated rings. The van der Waals surface area contributed by atoms with Crippen LogP contribution in [-0.4, -0.2) is 50.8 Å². The van der Waals surface area contributed by atoms with Crippen LogP contribution in [0.4, 0.5) is 0 Å². The van der Waals surface area contributed by atoms with Crippen molar-refractivity contribution in [2.24, 2.45) is 0 Å². The molecule has 0 spiro atoms. The van der Waals surface area contributed by atoms with Crippen molar-refractivity contribution in [2.45, 2.75) is 6.92 Å². The van der Waals surface area contributed by atoms with E-state index in [4.69, 9.17) is 5.26 Å². The van der Waals surface area contributed by atoms with Crippen LogP contribution in [0.5, 0.6) is 0 Å². The van der Waals surface area contributed by atoms with Crippen LogP contribution in [0.25, 0.3) is 0 Å². The summed E-state index contributed by atoms with van der Waals surface area (Å²) < 4.78 is 0. The van der Waals surface area contributed by atoms with Crippen molar-refractivity contribution in [2.75, 3.05) is 0 Å². The van der Waals surface area contributed by atoms with E-state index < -0.39 is 35.8 Å². The minimum atomic E-state index is -1.10. The monoisotopic (exact) mass is 1220 g/mol. The summed E-state index contributed by atoms with van der Waals surface area (Å²) in [4.78, 5) is 72.8. The third-order valence-corrected chi connectivity index (χ3v) is 11.1. The van der Waals surface area contributed by atoms with Gasteiger partial charge in [-0.2, -0.15) is 5.26 Å². The number of aromatic nitrogens is 3. The first-order chi connectivity index (χ1) is 33.2. The predicted octanol–water partition coefficient (Wildman–Crippen LogP) is 4.32. The molecule has 26 heteroatoms. The van der Waals surface area contributed by atoms with Crippen molar-refractivity contribution in [1.82, 2.24) is 15.0 Å². The molecular formula is C47H36Mn3N4O13S6. The molecule has 9 aromatic rings. The zero-order valence-corrected chi connectivity index (χ0v) is 45.7. The number of carboxylic acid groups (broad SMARTS) is 6. The van der Waals surface area contributed by atoms with E-state index in [0.717, 1.165) is 0 Å². The Hall–Kier alpha value is -6.52. The molecule has 0 aromatic carbocycles. The Morgan fingerprint density at radius 1 is 0.356 bits per heavy atom. The van der Waals surface area contributed by atoms with Crippen LogP contribution in [0.3, 0.4) is 0 Å². The Kier molecular flexibility index (Phi) is 53.5. The van der Waals surface area contributed by atoms with Gasteiger partial charge in [-0.3, -0.25) is 15.0 Å². The number of carbonyl (C=O) groups is 6. The van der Waals surface area contributed by atoms with Crippen LogP contribution >= 0.6 is 68.0 Å². The molecule has 1 radical (unpaired) electrons. The van der Waals surface area contributed by atoms with Crippen LogP contribution in [0.15, 0.2) is 197 Å². The quantitative estimate of drug-likeness (QED) is 0.209. The summed E-state index contributed by atoms with van der Waals surface area (Å²) in [6.45, 7) is 1.43. The molecule has 0 saturated carbocycles. The molecule has 0 bridgehead atoms. The van der Waals surface area contributed by atoms with Crippen LogP contribution in [0.1, 0.15) is 65.0 Å². The zero-order valence-electron chi connectivity index (χ0n) is 37.2. The van der Waals surface area contributed by atoms with E-state index in [0.29, 0.717) is 0 Å². The van der Waals surface area contributed by atoms with Gasteiger partial charge in [0.15, 0.2) is 0 Å². The van der Waals surface area contributed by atoms with Gasteiger partial charge in [0.05, 0.1) is 41.9 Å². The standard InChI is InChI=1S/3C5H5N.6C5H4O2S.C2H3N.3Mn.O/c3*1-2-4-6-5-3-1;6*6-5(7)4-2-1-3-8-4;1-2-3;;;;/h3*1-5H;6*1-3H,(H,6,7);1H3;;;;/q;;;;;;;;;;+2;2*+3;-2/p-6. The first-order valence-corrected chi connectivity index (χ1v) is 23.9. The van der Waals surface area contributed by atoms with Gasteiger partial charge in [0, 0.05) is 73.4 Å². The smallest absolute Gasteiger partial charge is 2.00 e. The number of nitriles is 1. The van der Waals surface area contributed by atoms with E-state index in [1.165, 1.54) is 111 Å². The summed E-state index contributed by atoms with van der Waals surface area (Å²) in [5.41, 5.74) is 0. The fourth-order valence-electron chi connectivity index (χ4n) is 3.31. The summed E-state index contributed by atoms with van der Waals surface area (Å²) in [6.07, 6.45) is 10.5. The van der Waals surface area contributed by atoms with Crippen LogP contribution in [0.2, 0.25) is 0 Å². The maximum Gasteiger partial charge on any atom is 3.00 e. The van der Waals surface area contributed by atoms with Crippen LogP contribution < -0.4 is 30.6 Å². The topological polar surface area (TPSA) is 332 Å². The zero-order chi connectivity index (χ0) is 51.3. The molecule has 0 saturated heterocycles. The average molecular weight is 1220 g/mol. The molecule has 0 aliphatic heterocycles. The number of rotatable bonds is 6. The number of hydrogen-bond acceptors (Lipinski definition) is 22. The number of thiophene rings is 6. The number of aromatic carboxylic acids is 6. The molecule has 0 N–H and O–H groups in total. The molecule has 0 unspecified atom stereocenters. The van der Waals surface area contributed by atoms with Gasteiger partial charge in [0.1, 0.15) is 0 Å². The summed E-state index contributed by atoms with van der Waals surface area (Å²) >= 11 is 7.01. The number of nitrogens with zero attached hydrogens (tertiary/aromatic N) is 4. The molecule has 9 rings (SSSR count). The van der Waals surface area contributed by atoms with E-state index >= 15 is 0 Å². The third kappa shape index (κ3) is 44.0. The fraction of sp³-hybridized carbons (Fsp3) is 0.0213. The second-order valence-corrected chi connectivity index (χ2v) is 16.6. The molecule has 9 heterocycles. The Labute approximate surface area is 475 Å². The normalized spacial score (nSPS) is 8.00. The molecule has 0 aliphatic rings. The Bertz CT molecular complexity index is 2150. The van der Waals surface area contributed by atoms with Gasteiger partial charge in [-0.05, 0) is 105 Å². The molecule has 17 nitrogen and oxygen atoms in total. The Morgan fingerprint density at radius 3 is 0.534 bits per heavy atom. The van der Waals surface area contributed by atoms with E-state index in [-0.39, 0.29) is 85.9 Å².